The van der Waals surface area contributed by atoms with Gasteiger partial charge < -0.3 is 5.32 Å². The molecule has 0 bridgehead atoms. The normalized spacial score (nSPS) is 23.6. The van der Waals surface area contributed by atoms with Crippen molar-refractivity contribution in [3.05, 3.63) is 11.5 Å². The van der Waals surface area contributed by atoms with E-state index in [1.54, 1.807) is 6.20 Å². The Morgan fingerprint density at radius 1 is 1.56 bits per heavy atom. The van der Waals surface area contributed by atoms with E-state index in [1.165, 1.54) is 6.42 Å². The second-order valence-electron chi connectivity index (χ2n) is 4.33. The third-order valence-electron chi connectivity index (χ3n) is 3.09. The Kier molecular flexibility index (Phi) is 2.21. The van der Waals surface area contributed by atoms with Crippen molar-refractivity contribution < 1.29 is 0 Å². The highest BCUT2D eigenvalue weighted by molar-refractivity contribution is 6.28. The van der Waals surface area contributed by atoms with Gasteiger partial charge in [0.25, 0.3) is 0 Å². The molecule has 2 N–H and O–H groups in total. The number of fused-ring (bicyclic) bond motifs is 1. The predicted octanol–water partition coefficient (Wildman–Crippen LogP) is 2.07. The van der Waals surface area contributed by atoms with E-state index < -0.39 is 0 Å². The number of anilines is 1. The number of nitrogens with one attached hydrogen (secondary N) is 2. The number of nitrogens with zero attached hydrogens (tertiary/aromatic N) is 3. The van der Waals surface area contributed by atoms with Crippen LogP contribution in [0.5, 0.6) is 0 Å². The van der Waals surface area contributed by atoms with E-state index in [2.05, 4.69) is 32.4 Å². The van der Waals surface area contributed by atoms with Crippen molar-refractivity contribution in [2.75, 3.05) is 11.9 Å². The Labute approximate surface area is 97.6 Å². The van der Waals surface area contributed by atoms with Gasteiger partial charge in [0.15, 0.2) is 5.65 Å². The highest BCUT2D eigenvalue weighted by atomic mass is 35.5. The fraction of sp³-hybridized carbons (Fsp3) is 0.500. The van der Waals surface area contributed by atoms with Gasteiger partial charge in [-0.05, 0) is 29.9 Å². The van der Waals surface area contributed by atoms with Crippen LogP contribution in [-0.2, 0) is 0 Å². The lowest BCUT2D eigenvalue weighted by molar-refractivity contribution is 0.785. The molecule has 2 aromatic rings. The van der Waals surface area contributed by atoms with Gasteiger partial charge in [-0.1, -0.05) is 6.92 Å². The Morgan fingerprint density at radius 2 is 2.38 bits per heavy atom. The van der Waals surface area contributed by atoms with E-state index in [0.29, 0.717) is 5.65 Å². The molecule has 2 unspecified atom stereocenters. The average Bonchev–Trinajstić information content (AvgIpc) is 2.76. The predicted molar refractivity (Wildman–Crippen MR) is 62.5 cm³/mol. The van der Waals surface area contributed by atoms with Crippen molar-refractivity contribution in [3.63, 3.8) is 0 Å². The second kappa shape index (κ2) is 3.59. The standard InChI is InChI=1S/C10H12ClN5/c1-5-2-6(5)3-12-8-7-4-13-16-9(7)15-10(11)14-8/h4-6H,2-3H2,1H3,(H2,12,13,14,15,16). The summed E-state index contributed by atoms with van der Waals surface area (Å²) in [5.41, 5.74) is 0.673. The number of rotatable bonds is 3. The van der Waals surface area contributed by atoms with E-state index in [-0.39, 0.29) is 5.28 Å². The fourth-order valence-corrected chi connectivity index (χ4v) is 2.02. The molecule has 16 heavy (non-hydrogen) atoms. The molecule has 1 fully saturated rings. The molecule has 2 aromatic heterocycles. The zero-order valence-electron chi connectivity index (χ0n) is 8.87. The quantitative estimate of drug-likeness (QED) is 0.802. The summed E-state index contributed by atoms with van der Waals surface area (Å²) in [6, 6.07) is 0. The minimum Gasteiger partial charge on any atom is -0.369 e. The van der Waals surface area contributed by atoms with Crippen LogP contribution in [0.2, 0.25) is 5.28 Å². The maximum Gasteiger partial charge on any atom is 0.226 e. The van der Waals surface area contributed by atoms with Crippen molar-refractivity contribution in [1.82, 2.24) is 20.2 Å². The molecular formula is C10H12ClN5. The van der Waals surface area contributed by atoms with Gasteiger partial charge in [0, 0.05) is 6.54 Å². The first-order valence-electron chi connectivity index (χ1n) is 5.34. The minimum atomic E-state index is 0.239. The SMILES string of the molecule is CC1CC1CNc1nc(Cl)nc2[nH]ncc12. The van der Waals surface area contributed by atoms with Gasteiger partial charge in [0.05, 0.1) is 11.6 Å². The minimum absolute atomic E-state index is 0.239. The van der Waals surface area contributed by atoms with Crippen LogP contribution in [0.1, 0.15) is 13.3 Å². The van der Waals surface area contributed by atoms with Crippen LogP contribution in [-0.4, -0.2) is 26.7 Å². The molecule has 3 rings (SSSR count). The van der Waals surface area contributed by atoms with Gasteiger partial charge >= 0.3 is 0 Å². The first-order valence-corrected chi connectivity index (χ1v) is 5.72. The van der Waals surface area contributed by atoms with Gasteiger partial charge in [-0.3, -0.25) is 5.10 Å². The fourth-order valence-electron chi connectivity index (χ4n) is 1.85. The molecule has 0 aliphatic heterocycles. The number of aromatic amines is 1. The molecule has 5 nitrogen and oxygen atoms in total. The highest BCUT2D eigenvalue weighted by Crippen LogP contribution is 2.37. The monoisotopic (exact) mass is 237 g/mol. The molecule has 0 amide bonds. The van der Waals surface area contributed by atoms with Crippen LogP contribution >= 0.6 is 11.6 Å². The average molecular weight is 238 g/mol. The molecule has 84 valence electrons. The van der Waals surface area contributed by atoms with Crippen molar-refractivity contribution >= 4 is 28.5 Å². The maximum atomic E-state index is 5.83. The topological polar surface area (TPSA) is 66.5 Å². The summed E-state index contributed by atoms with van der Waals surface area (Å²) in [5, 5.41) is 11.2. The highest BCUT2D eigenvalue weighted by Gasteiger charge is 2.32. The van der Waals surface area contributed by atoms with Crippen LogP contribution in [0.15, 0.2) is 6.20 Å². The molecule has 1 saturated carbocycles. The number of aromatic nitrogens is 4. The Balaban J connectivity index is 1.86. The van der Waals surface area contributed by atoms with E-state index in [1.807, 2.05) is 0 Å². The molecule has 2 heterocycles. The lowest BCUT2D eigenvalue weighted by atomic mass is 10.3. The lowest BCUT2D eigenvalue weighted by Crippen LogP contribution is -2.06. The molecular weight excluding hydrogens is 226 g/mol. The molecule has 6 heteroatoms. The van der Waals surface area contributed by atoms with Crippen LogP contribution < -0.4 is 5.32 Å². The number of hydrogen-bond donors (Lipinski definition) is 2. The zero-order valence-corrected chi connectivity index (χ0v) is 9.62. The van der Waals surface area contributed by atoms with Crippen molar-refractivity contribution in [3.8, 4) is 0 Å². The Hall–Kier alpha value is -1.36. The number of H-pyrrole nitrogens is 1. The van der Waals surface area contributed by atoms with Crippen LogP contribution in [0.25, 0.3) is 11.0 Å². The summed E-state index contributed by atoms with van der Waals surface area (Å²) in [5.74, 6) is 2.35. The molecule has 0 radical (unpaired) electrons. The summed E-state index contributed by atoms with van der Waals surface area (Å²) in [4.78, 5) is 8.23. The van der Waals surface area contributed by atoms with E-state index in [0.717, 1.165) is 29.6 Å². The van der Waals surface area contributed by atoms with Gasteiger partial charge in [-0.2, -0.15) is 15.1 Å². The number of halogens is 1. The third-order valence-corrected chi connectivity index (χ3v) is 3.26. The van der Waals surface area contributed by atoms with E-state index in [4.69, 9.17) is 11.6 Å². The summed E-state index contributed by atoms with van der Waals surface area (Å²) in [6.07, 6.45) is 3.00. The van der Waals surface area contributed by atoms with Crippen LogP contribution in [0.3, 0.4) is 0 Å². The maximum absolute atomic E-state index is 5.83. The van der Waals surface area contributed by atoms with Gasteiger partial charge in [-0.25, -0.2) is 0 Å². The first kappa shape index (κ1) is 9.84. The molecule has 0 spiro atoms. The Bertz CT molecular complexity index is 523. The van der Waals surface area contributed by atoms with Gasteiger partial charge in [0.1, 0.15) is 5.82 Å². The van der Waals surface area contributed by atoms with Crippen molar-refractivity contribution in [1.29, 1.82) is 0 Å². The van der Waals surface area contributed by atoms with Crippen molar-refractivity contribution in [2.24, 2.45) is 11.8 Å². The number of hydrogen-bond acceptors (Lipinski definition) is 4. The van der Waals surface area contributed by atoms with Crippen LogP contribution in [0.4, 0.5) is 5.82 Å². The van der Waals surface area contributed by atoms with Crippen LogP contribution in [0, 0.1) is 11.8 Å². The molecule has 1 aliphatic rings. The summed E-state index contributed by atoms with van der Waals surface area (Å²) in [6.45, 7) is 3.20. The second-order valence-corrected chi connectivity index (χ2v) is 4.67. The van der Waals surface area contributed by atoms with Gasteiger partial charge in [-0.15, -0.1) is 0 Å². The largest absolute Gasteiger partial charge is 0.369 e. The smallest absolute Gasteiger partial charge is 0.226 e. The molecule has 2 atom stereocenters. The van der Waals surface area contributed by atoms with Crippen molar-refractivity contribution in [2.45, 2.75) is 13.3 Å². The van der Waals surface area contributed by atoms with E-state index >= 15 is 0 Å². The lowest BCUT2D eigenvalue weighted by Gasteiger charge is -2.05. The molecule has 1 aliphatic carbocycles. The molecule has 0 saturated heterocycles. The summed E-state index contributed by atoms with van der Waals surface area (Å²) < 4.78 is 0. The van der Waals surface area contributed by atoms with E-state index in [9.17, 15) is 0 Å². The van der Waals surface area contributed by atoms with Gasteiger partial charge in [0.2, 0.25) is 5.28 Å². The summed E-state index contributed by atoms with van der Waals surface area (Å²) in [7, 11) is 0. The third kappa shape index (κ3) is 1.71. The Morgan fingerprint density at radius 3 is 3.12 bits per heavy atom. The zero-order chi connectivity index (χ0) is 11.1. The molecule has 0 aromatic carbocycles. The summed E-state index contributed by atoms with van der Waals surface area (Å²) >= 11 is 5.83. The first-order chi connectivity index (χ1) is 7.74.